The van der Waals surface area contributed by atoms with Crippen molar-refractivity contribution in [3.05, 3.63) is 160 Å². The zero-order chi connectivity index (χ0) is 41.2. The second-order valence-corrected chi connectivity index (χ2v) is 15.1. The summed E-state index contributed by atoms with van der Waals surface area (Å²) in [6.07, 6.45) is 4.84. The molecule has 0 atom stereocenters. The summed E-state index contributed by atoms with van der Waals surface area (Å²) < 4.78 is 26.3. The molecule has 58 heavy (non-hydrogen) atoms. The van der Waals surface area contributed by atoms with Gasteiger partial charge in [0.1, 0.15) is 23.0 Å². The summed E-state index contributed by atoms with van der Waals surface area (Å²) >= 11 is 0. The molecule has 0 N–H and O–H groups in total. The van der Waals surface area contributed by atoms with E-state index in [4.69, 9.17) is 18.9 Å². The number of ether oxygens (including phenoxy) is 4. The molecule has 1 aliphatic rings. The van der Waals surface area contributed by atoms with Gasteiger partial charge in [0.05, 0.1) is 36.3 Å². The fourth-order valence-electron chi connectivity index (χ4n) is 7.75. The van der Waals surface area contributed by atoms with Gasteiger partial charge < -0.3 is 18.9 Å². The highest BCUT2D eigenvalue weighted by Gasteiger charge is 2.26. The molecule has 6 rings (SSSR count). The number of fused-ring (bicyclic) bond motifs is 8. The Labute approximate surface area is 341 Å². The van der Waals surface area contributed by atoms with Crippen molar-refractivity contribution in [2.24, 2.45) is 0 Å². The van der Waals surface area contributed by atoms with Gasteiger partial charge in [-0.3, -0.25) is 20.2 Å². The van der Waals surface area contributed by atoms with E-state index in [0.29, 0.717) is 104 Å². The summed E-state index contributed by atoms with van der Waals surface area (Å²) in [7, 11) is 0. The number of para-hydroxylation sites is 1. The summed E-state index contributed by atoms with van der Waals surface area (Å²) in [6.45, 7) is 12.0. The van der Waals surface area contributed by atoms with E-state index in [1.54, 1.807) is 24.3 Å². The van der Waals surface area contributed by atoms with Crippen molar-refractivity contribution in [3.63, 3.8) is 0 Å². The second-order valence-electron chi connectivity index (χ2n) is 15.1. The third-order valence-electron chi connectivity index (χ3n) is 10.2. The fourth-order valence-corrected chi connectivity index (χ4v) is 7.75. The van der Waals surface area contributed by atoms with Crippen molar-refractivity contribution in [1.82, 2.24) is 0 Å². The quantitative estimate of drug-likeness (QED) is 0.0702. The van der Waals surface area contributed by atoms with Crippen LogP contribution in [0.2, 0.25) is 0 Å². The summed E-state index contributed by atoms with van der Waals surface area (Å²) in [4.78, 5) is 24.5. The van der Waals surface area contributed by atoms with E-state index in [9.17, 15) is 20.2 Å². The number of hydrogen-bond acceptors (Lipinski definition) is 8. The number of nitro benzene ring substituents is 2. The van der Waals surface area contributed by atoms with Crippen LogP contribution >= 0.6 is 0 Å². The Morgan fingerprint density at radius 3 is 1.17 bits per heavy atom. The van der Waals surface area contributed by atoms with Gasteiger partial charge in [-0.05, 0) is 72.4 Å². The van der Waals surface area contributed by atoms with E-state index >= 15 is 0 Å². The number of non-ortho nitro benzene ring substituents is 2. The van der Waals surface area contributed by atoms with E-state index in [-0.39, 0.29) is 21.2 Å². The monoisotopic (exact) mass is 786 g/mol. The van der Waals surface area contributed by atoms with Crippen molar-refractivity contribution >= 4 is 11.4 Å². The zero-order valence-electron chi connectivity index (χ0n) is 34.4. The minimum atomic E-state index is -0.342. The van der Waals surface area contributed by atoms with Crippen molar-refractivity contribution in [3.8, 4) is 23.0 Å². The second kappa shape index (κ2) is 19.5. The maximum absolute atomic E-state index is 12.6. The average Bonchev–Trinajstić information content (AvgIpc) is 3.19. The van der Waals surface area contributed by atoms with Crippen LogP contribution < -0.4 is 18.9 Å². The zero-order valence-corrected chi connectivity index (χ0v) is 34.4. The molecular formula is C48H54N2O8. The van der Waals surface area contributed by atoms with Crippen LogP contribution in [0, 0.1) is 27.2 Å². The Morgan fingerprint density at radius 1 is 0.466 bits per heavy atom. The molecule has 304 valence electrons. The van der Waals surface area contributed by atoms with Crippen molar-refractivity contribution in [2.75, 3.05) is 26.4 Å². The molecule has 10 heteroatoms. The van der Waals surface area contributed by atoms with Crippen LogP contribution in [0.15, 0.2) is 78.9 Å². The third kappa shape index (κ3) is 9.96. The van der Waals surface area contributed by atoms with Gasteiger partial charge in [0.2, 0.25) is 0 Å². The Bertz CT molecular complexity index is 2140. The molecule has 0 aliphatic heterocycles. The van der Waals surface area contributed by atoms with Crippen LogP contribution in [0.25, 0.3) is 0 Å². The summed E-state index contributed by atoms with van der Waals surface area (Å²) in [6, 6.07) is 25.0. The topological polar surface area (TPSA) is 123 Å². The van der Waals surface area contributed by atoms with Gasteiger partial charge in [-0.1, -0.05) is 87.9 Å². The molecular weight excluding hydrogens is 733 g/mol. The first kappa shape index (κ1) is 41.7. The number of aryl methyl sites for hydroxylation is 1. The number of benzene rings is 5. The number of rotatable bonds is 16. The molecule has 0 radical (unpaired) electrons. The highest BCUT2D eigenvalue weighted by molar-refractivity contribution is 5.60. The Kier molecular flexibility index (Phi) is 14.0. The third-order valence-corrected chi connectivity index (χ3v) is 10.2. The minimum absolute atomic E-state index is 0.0192. The van der Waals surface area contributed by atoms with Gasteiger partial charge >= 0.3 is 0 Å². The Balaban J connectivity index is 1.70. The molecule has 0 spiro atoms. The molecule has 0 aromatic heterocycles. The van der Waals surface area contributed by atoms with Crippen LogP contribution in [-0.4, -0.2) is 36.3 Å². The molecule has 5 aromatic rings. The average molecular weight is 787 g/mol. The van der Waals surface area contributed by atoms with Crippen LogP contribution in [0.5, 0.6) is 23.0 Å². The fraction of sp³-hybridized carbons (Fsp3) is 0.375. The first-order valence-electron chi connectivity index (χ1n) is 20.5. The van der Waals surface area contributed by atoms with Gasteiger partial charge in [-0.15, -0.1) is 0 Å². The highest BCUT2D eigenvalue weighted by atomic mass is 16.6. The Morgan fingerprint density at radius 2 is 0.810 bits per heavy atom. The molecule has 0 fully saturated rings. The van der Waals surface area contributed by atoms with E-state index in [1.807, 2.05) is 52.0 Å². The van der Waals surface area contributed by atoms with E-state index < -0.39 is 0 Å². The largest absolute Gasteiger partial charge is 0.493 e. The molecule has 0 saturated carbocycles. The summed E-state index contributed by atoms with van der Waals surface area (Å²) in [5.41, 5.74) is 9.37. The normalized spacial score (nSPS) is 12.2. The van der Waals surface area contributed by atoms with E-state index in [1.165, 1.54) is 0 Å². The minimum Gasteiger partial charge on any atom is -0.493 e. The standard InChI is InChI=1S/C48H54N2O8/c1-6-16-55-45-35-14-11-15-36(45)25-40-29-44(50(53)54)31-42(48(40)58-19-9-4)27-38-23-34(21-33-13-10-12-32(5)20-33)22-37(46(38)56-17-7-2)26-41-30-43(49(51)52)28-39(24-35)47(41)57-18-8-3/h10-15,20,22-23,28-31H,6-9,16-19,21,24-27H2,1-5H3. The Hall–Kier alpha value is -5.90. The van der Waals surface area contributed by atoms with E-state index in [2.05, 4.69) is 37.3 Å². The molecule has 5 aromatic carbocycles. The number of hydrogen-bond donors (Lipinski definition) is 0. The molecule has 0 heterocycles. The maximum atomic E-state index is 12.6. The van der Waals surface area contributed by atoms with Crippen molar-refractivity contribution in [2.45, 2.75) is 92.4 Å². The van der Waals surface area contributed by atoms with Crippen LogP contribution in [-0.2, 0) is 32.1 Å². The first-order chi connectivity index (χ1) is 28.1. The van der Waals surface area contributed by atoms with Crippen LogP contribution in [0.1, 0.15) is 115 Å². The smallest absolute Gasteiger partial charge is 0.270 e. The maximum Gasteiger partial charge on any atom is 0.270 e. The SMILES string of the molecule is CCCOc1c2cccc1Cc1cc([N+](=O)[O-])cc(c1OCCC)Cc1cc(Cc3cccc(C)c3)cc(c1OCCC)Cc1cc([N+](=O)[O-])cc(c1OCCC)C2. The molecule has 0 saturated heterocycles. The number of nitro groups is 2. The predicted octanol–water partition coefficient (Wildman–Crippen LogP) is 11.2. The lowest BCUT2D eigenvalue weighted by Gasteiger charge is -2.23. The van der Waals surface area contributed by atoms with Gasteiger partial charge in [0.25, 0.3) is 11.4 Å². The van der Waals surface area contributed by atoms with Crippen molar-refractivity contribution < 1.29 is 28.8 Å². The molecule has 0 unspecified atom stereocenters. The molecule has 8 bridgehead atoms. The lowest BCUT2D eigenvalue weighted by atomic mass is 9.89. The number of nitrogens with zero attached hydrogens (tertiary/aromatic N) is 2. The predicted molar refractivity (Wildman–Crippen MR) is 227 cm³/mol. The van der Waals surface area contributed by atoms with Gasteiger partial charge in [0.15, 0.2) is 0 Å². The summed E-state index contributed by atoms with van der Waals surface area (Å²) in [5, 5.41) is 25.2. The van der Waals surface area contributed by atoms with Gasteiger partial charge in [-0.2, -0.15) is 0 Å². The van der Waals surface area contributed by atoms with Gasteiger partial charge in [0, 0.05) is 72.2 Å². The molecule has 0 amide bonds. The lowest BCUT2D eigenvalue weighted by Crippen LogP contribution is -2.11. The van der Waals surface area contributed by atoms with Crippen molar-refractivity contribution in [1.29, 1.82) is 0 Å². The van der Waals surface area contributed by atoms with Crippen LogP contribution in [0.4, 0.5) is 11.4 Å². The molecule has 1 aliphatic carbocycles. The lowest BCUT2D eigenvalue weighted by molar-refractivity contribution is -0.385. The van der Waals surface area contributed by atoms with Crippen LogP contribution in [0.3, 0.4) is 0 Å². The highest BCUT2D eigenvalue weighted by Crippen LogP contribution is 2.42. The van der Waals surface area contributed by atoms with Gasteiger partial charge in [-0.25, -0.2) is 0 Å². The van der Waals surface area contributed by atoms with E-state index in [0.717, 1.165) is 64.6 Å². The summed E-state index contributed by atoms with van der Waals surface area (Å²) in [5.74, 6) is 2.55. The first-order valence-corrected chi connectivity index (χ1v) is 20.5. The molecule has 10 nitrogen and oxygen atoms in total.